The molecule has 0 aliphatic carbocycles. The van der Waals surface area contributed by atoms with Crippen molar-refractivity contribution < 1.29 is 0 Å². The Bertz CT molecular complexity index is 1800. The van der Waals surface area contributed by atoms with Crippen molar-refractivity contribution in [1.29, 1.82) is 0 Å². The average molecular weight is 471 g/mol. The number of aromatic amines is 2. The third-order valence-electron chi connectivity index (χ3n) is 6.04. The van der Waals surface area contributed by atoms with Crippen LogP contribution in [-0.2, 0) is 0 Å². The van der Waals surface area contributed by atoms with E-state index in [-0.39, 0.29) is 0 Å². The molecule has 0 atom stereocenters. The molecule has 0 aliphatic rings. The van der Waals surface area contributed by atoms with Gasteiger partial charge in [-0.25, -0.2) is 9.97 Å². The summed E-state index contributed by atoms with van der Waals surface area (Å²) in [4.78, 5) is 27.1. The van der Waals surface area contributed by atoms with Crippen LogP contribution in [0.15, 0.2) is 97.6 Å². The zero-order valence-corrected chi connectivity index (χ0v) is 19.3. The maximum Gasteiger partial charge on any atom is 0.148 e. The molecule has 35 heavy (non-hydrogen) atoms. The van der Waals surface area contributed by atoms with E-state index >= 15 is 0 Å². The number of rotatable bonds is 4. The first kappa shape index (κ1) is 19.8. The van der Waals surface area contributed by atoms with Gasteiger partial charge in [-0.3, -0.25) is 9.97 Å². The van der Waals surface area contributed by atoms with Gasteiger partial charge in [0.2, 0.25) is 0 Å². The van der Waals surface area contributed by atoms with E-state index in [0.29, 0.717) is 0 Å². The van der Waals surface area contributed by atoms with E-state index in [0.717, 1.165) is 60.8 Å². The zero-order valence-electron chi connectivity index (χ0n) is 18.4. The van der Waals surface area contributed by atoms with Crippen molar-refractivity contribution >= 4 is 33.4 Å². The van der Waals surface area contributed by atoms with Gasteiger partial charge in [-0.05, 0) is 65.7 Å². The van der Waals surface area contributed by atoms with Gasteiger partial charge in [0.1, 0.15) is 11.6 Å². The Labute approximate surface area is 204 Å². The number of imidazole rings is 2. The minimum Gasteiger partial charge on any atom is -0.338 e. The van der Waals surface area contributed by atoms with Gasteiger partial charge in [0.25, 0.3) is 0 Å². The molecule has 0 aliphatic heterocycles. The summed E-state index contributed by atoms with van der Waals surface area (Å²) >= 11 is 1.71. The molecule has 7 aromatic rings. The molecule has 0 saturated carbocycles. The van der Waals surface area contributed by atoms with Crippen molar-refractivity contribution in [3.63, 3.8) is 0 Å². The molecule has 6 nitrogen and oxygen atoms in total. The molecule has 166 valence electrons. The van der Waals surface area contributed by atoms with E-state index < -0.39 is 0 Å². The molecular formula is C28H18N6S. The van der Waals surface area contributed by atoms with Gasteiger partial charge in [-0.2, -0.15) is 0 Å². The summed E-state index contributed by atoms with van der Waals surface area (Å²) in [6, 6.07) is 24.8. The van der Waals surface area contributed by atoms with Gasteiger partial charge < -0.3 is 9.97 Å². The maximum atomic E-state index is 4.83. The maximum absolute atomic E-state index is 4.83. The second-order valence-electron chi connectivity index (χ2n) is 8.28. The lowest BCUT2D eigenvalue weighted by atomic mass is 10.0. The van der Waals surface area contributed by atoms with Crippen LogP contribution in [0.4, 0.5) is 0 Å². The highest BCUT2D eigenvalue weighted by Gasteiger charge is 2.12. The van der Waals surface area contributed by atoms with Gasteiger partial charge in [0.05, 0.1) is 26.9 Å². The molecule has 0 radical (unpaired) electrons. The predicted octanol–water partition coefficient (Wildman–Crippen LogP) is 6.96. The smallest absolute Gasteiger partial charge is 0.148 e. The zero-order chi connectivity index (χ0) is 23.2. The standard InChI is InChI=1S/C28H18N6S/c1-2-20(16-30-11-1)25-7-8-26(35-25)28-32-22-6-4-19(15-24(22)34-28)18-3-5-21-23(14-18)33-27(31-21)17-9-12-29-13-10-17/h1-16H,(H,31,33)(H,32,34). The molecule has 5 aromatic heterocycles. The number of pyridine rings is 2. The number of fused-ring (bicyclic) bond motifs is 2. The lowest BCUT2D eigenvalue weighted by Crippen LogP contribution is -1.80. The summed E-state index contributed by atoms with van der Waals surface area (Å²) in [6.07, 6.45) is 7.23. The number of hydrogen-bond acceptors (Lipinski definition) is 5. The van der Waals surface area contributed by atoms with Gasteiger partial charge in [-0.1, -0.05) is 18.2 Å². The molecule has 2 N–H and O–H groups in total. The molecular weight excluding hydrogens is 452 g/mol. The fourth-order valence-electron chi connectivity index (χ4n) is 4.27. The molecule has 0 fully saturated rings. The Morgan fingerprint density at radius 1 is 0.543 bits per heavy atom. The fraction of sp³-hybridized carbons (Fsp3) is 0. The SMILES string of the molecule is c1cncc(-c2ccc(-c3nc4ccc(-c5ccc6nc(-c7ccncc7)[nH]c6c5)cc4[nH]3)s2)c1. The van der Waals surface area contributed by atoms with E-state index in [2.05, 4.69) is 74.5 Å². The minimum absolute atomic E-state index is 0.842. The Balaban J connectivity index is 1.23. The number of benzene rings is 2. The van der Waals surface area contributed by atoms with Gasteiger partial charge in [0, 0.05) is 40.8 Å². The third kappa shape index (κ3) is 3.59. The Kier molecular flexibility index (Phi) is 4.53. The Morgan fingerprint density at radius 2 is 1.23 bits per heavy atom. The quantitative estimate of drug-likeness (QED) is 0.291. The highest BCUT2D eigenvalue weighted by atomic mass is 32.1. The van der Waals surface area contributed by atoms with E-state index in [1.807, 2.05) is 24.4 Å². The van der Waals surface area contributed by atoms with Crippen LogP contribution in [0.1, 0.15) is 0 Å². The summed E-state index contributed by atoms with van der Waals surface area (Å²) in [5, 5.41) is 0. The molecule has 0 bridgehead atoms. The summed E-state index contributed by atoms with van der Waals surface area (Å²) < 4.78 is 0. The summed E-state index contributed by atoms with van der Waals surface area (Å²) in [7, 11) is 0. The third-order valence-corrected chi connectivity index (χ3v) is 7.18. The first-order chi connectivity index (χ1) is 17.3. The fourth-order valence-corrected chi connectivity index (χ4v) is 5.21. The number of nitrogens with zero attached hydrogens (tertiary/aromatic N) is 4. The normalized spacial score (nSPS) is 11.4. The summed E-state index contributed by atoms with van der Waals surface area (Å²) in [5.74, 6) is 1.72. The molecule has 2 aromatic carbocycles. The van der Waals surface area contributed by atoms with Crippen LogP contribution >= 0.6 is 11.3 Å². The lowest BCUT2D eigenvalue weighted by Gasteiger charge is -2.01. The largest absolute Gasteiger partial charge is 0.338 e. The molecule has 0 unspecified atom stereocenters. The van der Waals surface area contributed by atoms with Crippen molar-refractivity contribution in [3.8, 4) is 43.7 Å². The van der Waals surface area contributed by atoms with Crippen LogP contribution in [0, 0.1) is 0 Å². The highest BCUT2D eigenvalue weighted by Crippen LogP contribution is 2.34. The van der Waals surface area contributed by atoms with Crippen molar-refractivity contribution in [3.05, 3.63) is 97.6 Å². The first-order valence-corrected chi connectivity index (χ1v) is 12.0. The van der Waals surface area contributed by atoms with Gasteiger partial charge >= 0.3 is 0 Å². The second kappa shape index (κ2) is 8.00. The molecule has 7 rings (SSSR count). The van der Waals surface area contributed by atoms with E-state index in [1.54, 1.807) is 29.9 Å². The van der Waals surface area contributed by atoms with Crippen molar-refractivity contribution in [2.24, 2.45) is 0 Å². The first-order valence-electron chi connectivity index (χ1n) is 11.2. The molecule has 0 saturated heterocycles. The van der Waals surface area contributed by atoms with Crippen LogP contribution in [0.5, 0.6) is 0 Å². The minimum atomic E-state index is 0.842. The van der Waals surface area contributed by atoms with E-state index in [4.69, 9.17) is 9.97 Å². The van der Waals surface area contributed by atoms with Gasteiger partial charge in [-0.15, -0.1) is 11.3 Å². The number of H-pyrrole nitrogens is 2. The lowest BCUT2D eigenvalue weighted by molar-refractivity contribution is 1.28. The number of aromatic nitrogens is 6. The van der Waals surface area contributed by atoms with Crippen LogP contribution < -0.4 is 0 Å². The molecule has 0 amide bonds. The van der Waals surface area contributed by atoms with Crippen molar-refractivity contribution in [2.45, 2.75) is 0 Å². The highest BCUT2D eigenvalue weighted by molar-refractivity contribution is 7.18. The number of thiophene rings is 1. The Morgan fingerprint density at radius 3 is 1.94 bits per heavy atom. The summed E-state index contributed by atoms with van der Waals surface area (Å²) in [5.41, 5.74) is 8.27. The monoisotopic (exact) mass is 470 g/mol. The number of nitrogens with one attached hydrogen (secondary N) is 2. The van der Waals surface area contributed by atoms with Crippen LogP contribution in [-0.4, -0.2) is 29.9 Å². The molecule has 5 heterocycles. The topological polar surface area (TPSA) is 83.1 Å². The van der Waals surface area contributed by atoms with Crippen LogP contribution in [0.3, 0.4) is 0 Å². The molecule has 7 heteroatoms. The van der Waals surface area contributed by atoms with Gasteiger partial charge in [0.15, 0.2) is 0 Å². The number of hydrogen-bond donors (Lipinski definition) is 2. The van der Waals surface area contributed by atoms with E-state index in [9.17, 15) is 0 Å². The predicted molar refractivity (Wildman–Crippen MR) is 141 cm³/mol. The average Bonchev–Trinajstić information content (AvgIpc) is 3.66. The Hall–Kier alpha value is -4.62. The van der Waals surface area contributed by atoms with Crippen molar-refractivity contribution in [2.75, 3.05) is 0 Å². The summed E-state index contributed by atoms with van der Waals surface area (Å²) in [6.45, 7) is 0. The second-order valence-corrected chi connectivity index (χ2v) is 9.36. The van der Waals surface area contributed by atoms with E-state index in [1.165, 1.54) is 4.88 Å². The molecule has 0 spiro atoms. The van der Waals surface area contributed by atoms with Crippen molar-refractivity contribution in [1.82, 2.24) is 29.9 Å². The van der Waals surface area contributed by atoms with Crippen LogP contribution in [0.2, 0.25) is 0 Å². The van der Waals surface area contributed by atoms with Crippen LogP contribution in [0.25, 0.3) is 65.7 Å².